The van der Waals surface area contributed by atoms with Gasteiger partial charge >= 0.3 is 0 Å². The third kappa shape index (κ3) is 2.81. The number of hydrogen-bond acceptors (Lipinski definition) is 3. The van der Waals surface area contributed by atoms with Crippen molar-refractivity contribution in [1.29, 1.82) is 0 Å². The van der Waals surface area contributed by atoms with Gasteiger partial charge in [0.15, 0.2) is 0 Å². The fourth-order valence-electron chi connectivity index (χ4n) is 2.29. The second-order valence-electron chi connectivity index (χ2n) is 4.73. The fraction of sp³-hybridized carbons (Fsp3) is 0.750. The van der Waals surface area contributed by atoms with Crippen molar-refractivity contribution in [2.45, 2.75) is 32.9 Å². The average Bonchev–Trinajstić information content (AvgIpc) is 2.78. The fourth-order valence-corrected chi connectivity index (χ4v) is 2.52. The molecule has 2 unspecified atom stereocenters. The van der Waals surface area contributed by atoms with E-state index in [0.29, 0.717) is 12.0 Å². The summed E-state index contributed by atoms with van der Waals surface area (Å²) in [7, 11) is 1.93. The SMILES string of the molecule is Cc1nn(C)c(CNCC2CCOC2C)c1Cl. The predicted octanol–water partition coefficient (Wildman–Crippen LogP) is 1.90. The van der Waals surface area contributed by atoms with Crippen LogP contribution in [0.15, 0.2) is 0 Å². The molecule has 0 amide bonds. The van der Waals surface area contributed by atoms with E-state index in [-0.39, 0.29) is 0 Å². The van der Waals surface area contributed by atoms with E-state index in [1.807, 2.05) is 18.7 Å². The van der Waals surface area contributed by atoms with E-state index in [2.05, 4.69) is 17.3 Å². The van der Waals surface area contributed by atoms with Crippen LogP contribution in [0.1, 0.15) is 24.7 Å². The molecule has 2 rings (SSSR count). The lowest BCUT2D eigenvalue weighted by molar-refractivity contribution is 0.105. The summed E-state index contributed by atoms with van der Waals surface area (Å²) in [6, 6.07) is 0. The smallest absolute Gasteiger partial charge is 0.0860 e. The summed E-state index contributed by atoms with van der Waals surface area (Å²) in [5, 5.41) is 8.51. The molecule has 17 heavy (non-hydrogen) atoms. The highest BCUT2D eigenvalue weighted by Crippen LogP contribution is 2.21. The van der Waals surface area contributed by atoms with E-state index in [9.17, 15) is 0 Å². The van der Waals surface area contributed by atoms with Crippen molar-refractivity contribution in [3.05, 3.63) is 16.4 Å². The summed E-state index contributed by atoms with van der Waals surface area (Å²) in [6.07, 6.45) is 1.51. The van der Waals surface area contributed by atoms with Gasteiger partial charge in [0.05, 0.1) is 22.5 Å². The Morgan fingerprint density at radius 1 is 1.59 bits per heavy atom. The molecule has 0 bridgehead atoms. The van der Waals surface area contributed by atoms with Gasteiger partial charge in [0.1, 0.15) is 0 Å². The van der Waals surface area contributed by atoms with Gasteiger partial charge in [-0.05, 0) is 26.2 Å². The van der Waals surface area contributed by atoms with Crippen molar-refractivity contribution in [2.75, 3.05) is 13.2 Å². The molecular weight excluding hydrogens is 238 g/mol. The maximum atomic E-state index is 6.19. The van der Waals surface area contributed by atoms with Gasteiger partial charge < -0.3 is 10.1 Å². The minimum absolute atomic E-state index is 0.367. The standard InChI is InChI=1S/C12H20ClN3O/c1-8-12(13)11(16(3)15-8)7-14-6-10-4-5-17-9(10)2/h9-10,14H,4-7H2,1-3H3. The molecule has 2 heterocycles. The summed E-state index contributed by atoms with van der Waals surface area (Å²) in [5.41, 5.74) is 1.94. The molecule has 4 nitrogen and oxygen atoms in total. The lowest BCUT2D eigenvalue weighted by Gasteiger charge is -2.14. The molecule has 1 fully saturated rings. The summed E-state index contributed by atoms with van der Waals surface area (Å²) < 4.78 is 7.38. The molecular formula is C12H20ClN3O. The minimum Gasteiger partial charge on any atom is -0.378 e. The monoisotopic (exact) mass is 257 g/mol. The molecule has 0 aromatic carbocycles. The molecule has 1 aromatic rings. The van der Waals surface area contributed by atoms with Crippen LogP contribution in [-0.4, -0.2) is 29.0 Å². The van der Waals surface area contributed by atoms with E-state index in [1.165, 1.54) is 0 Å². The molecule has 96 valence electrons. The first kappa shape index (κ1) is 12.9. The Kier molecular flexibility index (Phi) is 4.07. The first-order valence-corrected chi connectivity index (χ1v) is 6.47. The third-order valence-electron chi connectivity index (χ3n) is 3.49. The largest absolute Gasteiger partial charge is 0.378 e. The Balaban J connectivity index is 1.85. The number of aromatic nitrogens is 2. The van der Waals surface area contributed by atoms with Crippen LogP contribution in [0.2, 0.25) is 5.02 Å². The van der Waals surface area contributed by atoms with Crippen molar-refractivity contribution < 1.29 is 4.74 Å². The molecule has 0 spiro atoms. The Bertz CT molecular complexity index is 391. The maximum Gasteiger partial charge on any atom is 0.0860 e. The van der Waals surface area contributed by atoms with Gasteiger partial charge in [0.2, 0.25) is 0 Å². The number of halogens is 1. The number of nitrogens with zero attached hydrogens (tertiary/aromatic N) is 2. The van der Waals surface area contributed by atoms with Gasteiger partial charge in [-0.2, -0.15) is 5.10 Å². The topological polar surface area (TPSA) is 39.1 Å². The van der Waals surface area contributed by atoms with Crippen molar-refractivity contribution in [3.63, 3.8) is 0 Å². The highest BCUT2D eigenvalue weighted by Gasteiger charge is 2.23. The quantitative estimate of drug-likeness (QED) is 0.896. The number of nitrogens with one attached hydrogen (secondary N) is 1. The molecule has 1 aromatic heterocycles. The zero-order chi connectivity index (χ0) is 12.4. The molecule has 2 atom stereocenters. The Morgan fingerprint density at radius 2 is 2.35 bits per heavy atom. The first-order chi connectivity index (χ1) is 8.09. The second-order valence-corrected chi connectivity index (χ2v) is 5.10. The Labute approximate surface area is 107 Å². The molecule has 1 aliphatic rings. The van der Waals surface area contributed by atoms with Crippen LogP contribution in [0, 0.1) is 12.8 Å². The average molecular weight is 258 g/mol. The highest BCUT2D eigenvalue weighted by molar-refractivity contribution is 6.31. The van der Waals surface area contributed by atoms with Crippen LogP contribution in [-0.2, 0) is 18.3 Å². The summed E-state index contributed by atoms with van der Waals surface area (Å²) in [5.74, 6) is 0.614. The number of aryl methyl sites for hydroxylation is 2. The zero-order valence-electron chi connectivity index (χ0n) is 10.7. The van der Waals surface area contributed by atoms with Gasteiger partial charge in [-0.25, -0.2) is 0 Å². The molecule has 1 saturated heterocycles. The van der Waals surface area contributed by atoms with Gasteiger partial charge in [-0.15, -0.1) is 0 Å². The van der Waals surface area contributed by atoms with Crippen molar-refractivity contribution >= 4 is 11.6 Å². The van der Waals surface area contributed by atoms with Crippen LogP contribution in [0.5, 0.6) is 0 Å². The van der Waals surface area contributed by atoms with E-state index in [4.69, 9.17) is 16.3 Å². The molecule has 0 aliphatic carbocycles. The van der Waals surface area contributed by atoms with E-state index in [1.54, 1.807) is 0 Å². The molecule has 0 radical (unpaired) electrons. The van der Waals surface area contributed by atoms with Crippen LogP contribution in [0.25, 0.3) is 0 Å². The molecule has 0 saturated carbocycles. The Hall–Kier alpha value is -0.580. The van der Waals surface area contributed by atoms with Gasteiger partial charge in [-0.1, -0.05) is 11.6 Å². The minimum atomic E-state index is 0.367. The van der Waals surface area contributed by atoms with Crippen LogP contribution in [0.3, 0.4) is 0 Å². The van der Waals surface area contributed by atoms with Crippen LogP contribution < -0.4 is 5.32 Å². The van der Waals surface area contributed by atoms with E-state index in [0.717, 1.165) is 42.5 Å². The number of rotatable bonds is 4. The van der Waals surface area contributed by atoms with E-state index < -0.39 is 0 Å². The second kappa shape index (κ2) is 5.38. The van der Waals surface area contributed by atoms with Crippen molar-refractivity contribution in [2.24, 2.45) is 13.0 Å². The van der Waals surface area contributed by atoms with Crippen molar-refractivity contribution in [3.8, 4) is 0 Å². The number of hydrogen-bond donors (Lipinski definition) is 1. The molecule has 1 aliphatic heterocycles. The number of ether oxygens (including phenoxy) is 1. The van der Waals surface area contributed by atoms with E-state index >= 15 is 0 Å². The van der Waals surface area contributed by atoms with Gasteiger partial charge in [0.25, 0.3) is 0 Å². The predicted molar refractivity (Wildman–Crippen MR) is 68.2 cm³/mol. The van der Waals surface area contributed by atoms with Crippen LogP contribution in [0.4, 0.5) is 0 Å². The van der Waals surface area contributed by atoms with Gasteiger partial charge in [-0.3, -0.25) is 4.68 Å². The normalized spacial score (nSPS) is 24.5. The molecule has 5 heteroatoms. The third-order valence-corrected chi connectivity index (χ3v) is 3.99. The first-order valence-electron chi connectivity index (χ1n) is 6.10. The highest BCUT2D eigenvalue weighted by atomic mass is 35.5. The van der Waals surface area contributed by atoms with Crippen molar-refractivity contribution in [1.82, 2.24) is 15.1 Å². The van der Waals surface area contributed by atoms with Crippen LogP contribution >= 0.6 is 11.6 Å². The van der Waals surface area contributed by atoms with Gasteiger partial charge in [0, 0.05) is 26.7 Å². The molecule has 1 N–H and O–H groups in total. The summed E-state index contributed by atoms with van der Waals surface area (Å²) in [4.78, 5) is 0. The lowest BCUT2D eigenvalue weighted by Crippen LogP contribution is -2.27. The maximum absolute atomic E-state index is 6.19. The lowest BCUT2D eigenvalue weighted by atomic mass is 10.0. The summed E-state index contributed by atoms with van der Waals surface area (Å²) in [6.45, 7) is 6.69. The summed E-state index contributed by atoms with van der Waals surface area (Å²) >= 11 is 6.19. The zero-order valence-corrected chi connectivity index (χ0v) is 11.4. The Morgan fingerprint density at radius 3 is 2.88 bits per heavy atom.